The van der Waals surface area contributed by atoms with Gasteiger partial charge in [-0.2, -0.15) is 5.26 Å². The van der Waals surface area contributed by atoms with Crippen LogP contribution in [0.1, 0.15) is 26.7 Å². The molecule has 0 spiro atoms. The van der Waals surface area contributed by atoms with Crippen molar-refractivity contribution in [3.05, 3.63) is 17.5 Å². The lowest BCUT2D eigenvalue weighted by Crippen LogP contribution is -2.07. The third-order valence-corrected chi connectivity index (χ3v) is 4.21. The fraction of sp³-hybridized carbons (Fsp3) is 0.545. The minimum atomic E-state index is -0.157. The zero-order valence-electron chi connectivity index (χ0n) is 8.62. The Morgan fingerprint density at radius 2 is 2.36 bits per heavy atom. The fourth-order valence-electron chi connectivity index (χ4n) is 1.09. The van der Waals surface area contributed by atoms with E-state index < -0.39 is 0 Å². The van der Waals surface area contributed by atoms with Crippen LogP contribution in [-0.2, 0) is 0 Å². The molecule has 14 heavy (non-hydrogen) atoms. The van der Waals surface area contributed by atoms with Crippen LogP contribution in [0, 0.1) is 16.7 Å². The second-order valence-corrected chi connectivity index (χ2v) is 6.22. The first-order valence-electron chi connectivity index (χ1n) is 4.72. The maximum absolute atomic E-state index is 8.82. The Kier molecular flexibility index (Phi) is 4.50. The molecule has 0 N–H and O–H groups in total. The smallest absolute Gasteiger partial charge is 0.0683 e. The van der Waals surface area contributed by atoms with E-state index in [1.165, 1.54) is 4.21 Å². The summed E-state index contributed by atoms with van der Waals surface area (Å²) in [5.41, 5.74) is -0.157. The van der Waals surface area contributed by atoms with Crippen LogP contribution in [0.2, 0.25) is 0 Å². The highest BCUT2D eigenvalue weighted by molar-refractivity contribution is 8.01. The zero-order valence-corrected chi connectivity index (χ0v) is 10.3. The van der Waals surface area contributed by atoms with Crippen molar-refractivity contribution in [2.24, 2.45) is 5.41 Å². The van der Waals surface area contributed by atoms with Gasteiger partial charge in [0.25, 0.3) is 0 Å². The van der Waals surface area contributed by atoms with Gasteiger partial charge in [0.15, 0.2) is 0 Å². The average molecular weight is 225 g/mol. The molecule has 3 heteroatoms. The molecule has 0 unspecified atom stereocenters. The summed E-state index contributed by atoms with van der Waals surface area (Å²) in [4.78, 5) is 0. The molecular weight excluding hydrogens is 210 g/mol. The topological polar surface area (TPSA) is 23.8 Å². The van der Waals surface area contributed by atoms with Crippen molar-refractivity contribution in [1.29, 1.82) is 5.26 Å². The van der Waals surface area contributed by atoms with Gasteiger partial charge in [0.1, 0.15) is 0 Å². The molecule has 1 heterocycles. The first-order valence-corrected chi connectivity index (χ1v) is 6.58. The Morgan fingerprint density at radius 3 is 2.93 bits per heavy atom. The number of hydrogen-bond acceptors (Lipinski definition) is 3. The fourth-order valence-corrected chi connectivity index (χ4v) is 2.89. The normalized spacial score (nSPS) is 11.2. The van der Waals surface area contributed by atoms with Crippen LogP contribution in [0.25, 0.3) is 0 Å². The van der Waals surface area contributed by atoms with Gasteiger partial charge in [0, 0.05) is 0 Å². The molecule has 0 aliphatic rings. The van der Waals surface area contributed by atoms with E-state index in [1.807, 2.05) is 25.6 Å². The van der Waals surface area contributed by atoms with Crippen molar-refractivity contribution in [3.8, 4) is 6.07 Å². The maximum Gasteiger partial charge on any atom is 0.0683 e. The molecule has 0 fully saturated rings. The van der Waals surface area contributed by atoms with Gasteiger partial charge in [-0.1, -0.05) is 6.07 Å². The third kappa shape index (κ3) is 4.17. The van der Waals surface area contributed by atoms with Gasteiger partial charge in [-0.15, -0.1) is 23.1 Å². The van der Waals surface area contributed by atoms with E-state index in [2.05, 4.69) is 23.6 Å². The lowest BCUT2D eigenvalue weighted by atomic mass is 9.90. The highest BCUT2D eigenvalue weighted by atomic mass is 32.2. The molecule has 0 aliphatic carbocycles. The SMILES string of the molecule is CC(C)(C#N)CCCSc1cccs1. The van der Waals surface area contributed by atoms with E-state index in [9.17, 15) is 0 Å². The molecule has 0 saturated heterocycles. The highest BCUT2D eigenvalue weighted by Gasteiger charge is 2.15. The molecule has 0 radical (unpaired) electrons. The van der Waals surface area contributed by atoms with Crippen molar-refractivity contribution < 1.29 is 0 Å². The van der Waals surface area contributed by atoms with Gasteiger partial charge >= 0.3 is 0 Å². The standard InChI is InChI=1S/C11H15NS2/c1-11(2,9-12)6-4-8-14-10-5-3-7-13-10/h3,5,7H,4,6,8H2,1-2H3. The number of nitrogens with zero attached hydrogens (tertiary/aromatic N) is 1. The Bertz CT molecular complexity index is 296. The van der Waals surface area contributed by atoms with Gasteiger partial charge < -0.3 is 0 Å². The van der Waals surface area contributed by atoms with Gasteiger partial charge in [-0.05, 0) is 43.9 Å². The van der Waals surface area contributed by atoms with Crippen LogP contribution in [0.4, 0.5) is 0 Å². The zero-order chi connectivity index (χ0) is 10.4. The summed E-state index contributed by atoms with van der Waals surface area (Å²) < 4.78 is 1.37. The predicted octanol–water partition coefficient (Wildman–Crippen LogP) is 4.17. The molecule has 0 atom stereocenters. The molecule has 1 nitrogen and oxygen atoms in total. The number of nitriles is 1. The summed E-state index contributed by atoms with van der Waals surface area (Å²) in [6.07, 6.45) is 2.10. The van der Waals surface area contributed by atoms with E-state index in [4.69, 9.17) is 5.26 Å². The summed E-state index contributed by atoms with van der Waals surface area (Å²) in [5.74, 6) is 1.12. The average Bonchev–Trinajstić information content (AvgIpc) is 2.65. The lowest BCUT2D eigenvalue weighted by molar-refractivity contribution is 0.448. The van der Waals surface area contributed by atoms with E-state index in [0.29, 0.717) is 0 Å². The molecule has 0 bridgehead atoms. The molecule has 0 aliphatic heterocycles. The Morgan fingerprint density at radius 1 is 1.57 bits per heavy atom. The van der Waals surface area contributed by atoms with Crippen molar-refractivity contribution in [2.45, 2.75) is 30.9 Å². The van der Waals surface area contributed by atoms with Crippen LogP contribution < -0.4 is 0 Å². The predicted molar refractivity (Wildman–Crippen MR) is 63.7 cm³/mol. The van der Waals surface area contributed by atoms with Crippen LogP contribution in [0.3, 0.4) is 0 Å². The Labute approximate surface area is 94.1 Å². The number of thiophene rings is 1. The molecule has 1 aromatic heterocycles. The van der Waals surface area contributed by atoms with Crippen LogP contribution >= 0.6 is 23.1 Å². The molecular formula is C11H15NS2. The number of hydrogen-bond donors (Lipinski definition) is 0. The third-order valence-electron chi connectivity index (χ3n) is 1.99. The van der Waals surface area contributed by atoms with Gasteiger partial charge in [-0.3, -0.25) is 0 Å². The minimum absolute atomic E-state index is 0.157. The molecule has 0 saturated carbocycles. The van der Waals surface area contributed by atoms with Crippen LogP contribution in [0.15, 0.2) is 21.7 Å². The summed E-state index contributed by atoms with van der Waals surface area (Å²) in [5, 5.41) is 10.9. The van der Waals surface area contributed by atoms with Crippen molar-refractivity contribution in [2.75, 3.05) is 5.75 Å². The Hall–Kier alpha value is -0.460. The highest BCUT2D eigenvalue weighted by Crippen LogP contribution is 2.27. The quantitative estimate of drug-likeness (QED) is 0.554. The molecule has 0 amide bonds. The second kappa shape index (κ2) is 5.43. The van der Waals surface area contributed by atoms with E-state index in [-0.39, 0.29) is 5.41 Å². The summed E-state index contributed by atoms with van der Waals surface area (Å²) in [7, 11) is 0. The van der Waals surface area contributed by atoms with Gasteiger partial charge in [0.2, 0.25) is 0 Å². The summed E-state index contributed by atoms with van der Waals surface area (Å²) in [6.45, 7) is 4.01. The monoisotopic (exact) mass is 225 g/mol. The van der Waals surface area contributed by atoms with E-state index in [0.717, 1.165) is 18.6 Å². The van der Waals surface area contributed by atoms with E-state index in [1.54, 1.807) is 11.3 Å². The second-order valence-electron chi connectivity index (χ2n) is 3.88. The molecule has 0 aromatic carbocycles. The summed E-state index contributed by atoms with van der Waals surface area (Å²) in [6, 6.07) is 6.55. The lowest BCUT2D eigenvalue weighted by Gasteiger charge is -2.13. The maximum atomic E-state index is 8.82. The Balaban J connectivity index is 2.15. The molecule has 1 aromatic rings. The van der Waals surface area contributed by atoms with Crippen molar-refractivity contribution >= 4 is 23.1 Å². The first kappa shape index (κ1) is 11.6. The summed E-state index contributed by atoms with van der Waals surface area (Å²) >= 11 is 3.67. The number of rotatable bonds is 5. The van der Waals surface area contributed by atoms with Crippen molar-refractivity contribution in [1.82, 2.24) is 0 Å². The largest absolute Gasteiger partial charge is 0.198 e. The van der Waals surface area contributed by atoms with E-state index >= 15 is 0 Å². The molecule has 1 rings (SSSR count). The number of thioether (sulfide) groups is 1. The molecule has 76 valence electrons. The van der Waals surface area contributed by atoms with Gasteiger partial charge in [-0.25, -0.2) is 0 Å². The minimum Gasteiger partial charge on any atom is -0.198 e. The van der Waals surface area contributed by atoms with Crippen LogP contribution in [-0.4, -0.2) is 5.75 Å². The van der Waals surface area contributed by atoms with Gasteiger partial charge in [0.05, 0.1) is 15.7 Å². The van der Waals surface area contributed by atoms with Crippen LogP contribution in [0.5, 0.6) is 0 Å². The first-order chi connectivity index (χ1) is 6.64. The van der Waals surface area contributed by atoms with Crippen molar-refractivity contribution in [3.63, 3.8) is 0 Å².